The van der Waals surface area contributed by atoms with Gasteiger partial charge in [0, 0.05) is 6.54 Å². The van der Waals surface area contributed by atoms with Crippen molar-refractivity contribution in [3.05, 3.63) is 0 Å². The van der Waals surface area contributed by atoms with Gasteiger partial charge in [-0.2, -0.15) is 0 Å². The van der Waals surface area contributed by atoms with Crippen LogP contribution >= 0.6 is 0 Å². The van der Waals surface area contributed by atoms with E-state index in [2.05, 4.69) is 5.32 Å². The molecule has 0 aliphatic carbocycles. The number of hydrogen-bond donors (Lipinski definition) is 1. The Morgan fingerprint density at radius 1 is 1.11 bits per heavy atom. The monoisotopic (exact) mass is 254 g/mol. The van der Waals surface area contributed by atoms with Crippen LogP contribution in [0.15, 0.2) is 0 Å². The lowest BCUT2D eigenvalue weighted by atomic mass is 9.76. The summed E-state index contributed by atoms with van der Waals surface area (Å²) in [6.45, 7) is 6.11. The number of nitrogens with one attached hydrogen (secondary N) is 1. The van der Waals surface area contributed by atoms with E-state index in [1.807, 2.05) is 20.8 Å². The van der Waals surface area contributed by atoms with Gasteiger partial charge in [0.1, 0.15) is 5.41 Å². The normalized spacial score (nSPS) is 24.4. The summed E-state index contributed by atoms with van der Waals surface area (Å²) in [5.41, 5.74) is -1.04. The third-order valence-corrected chi connectivity index (χ3v) is 3.56. The Morgan fingerprint density at radius 3 is 2.28 bits per heavy atom. The highest BCUT2D eigenvalue weighted by Gasteiger charge is 2.51. The molecule has 1 fully saturated rings. The second-order valence-corrected chi connectivity index (χ2v) is 4.76. The highest BCUT2D eigenvalue weighted by atomic mass is 16.2. The van der Waals surface area contributed by atoms with Crippen molar-refractivity contribution in [2.24, 2.45) is 5.41 Å². The van der Waals surface area contributed by atoms with E-state index in [9.17, 15) is 14.4 Å². The molecule has 1 atom stereocenters. The molecular formula is C13H22N2O3. The smallest absolute Gasteiger partial charge is 0.277 e. The van der Waals surface area contributed by atoms with Crippen molar-refractivity contribution in [2.45, 2.75) is 52.9 Å². The minimum atomic E-state index is -1.04. The van der Waals surface area contributed by atoms with Gasteiger partial charge in [-0.1, -0.05) is 33.6 Å². The first kappa shape index (κ1) is 14.7. The molecule has 0 saturated carbocycles. The number of imide groups is 2. The van der Waals surface area contributed by atoms with E-state index in [-0.39, 0.29) is 5.91 Å². The Kier molecular flexibility index (Phi) is 4.87. The van der Waals surface area contributed by atoms with Gasteiger partial charge in [0.15, 0.2) is 0 Å². The number of barbiturate groups is 1. The van der Waals surface area contributed by atoms with Gasteiger partial charge in [0.2, 0.25) is 11.8 Å². The fraction of sp³-hybridized carbons (Fsp3) is 0.769. The summed E-state index contributed by atoms with van der Waals surface area (Å²) in [6, 6.07) is -0.576. The Morgan fingerprint density at radius 2 is 1.78 bits per heavy atom. The molecule has 4 amide bonds. The van der Waals surface area contributed by atoms with E-state index in [4.69, 9.17) is 0 Å². The van der Waals surface area contributed by atoms with E-state index < -0.39 is 17.4 Å². The van der Waals surface area contributed by atoms with Crippen molar-refractivity contribution < 1.29 is 14.4 Å². The lowest BCUT2D eigenvalue weighted by Gasteiger charge is -2.38. The molecule has 1 N–H and O–H groups in total. The number of hydrogen-bond acceptors (Lipinski definition) is 3. The molecule has 0 aromatic heterocycles. The third kappa shape index (κ3) is 2.40. The molecule has 102 valence electrons. The topological polar surface area (TPSA) is 66.5 Å². The van der Waals surface area contributed by atoms with Crippen molar-refractivity contribution >= 4 is 17.8 Å². The molecule has 1 heterocycles. The number of unbranched alkanes of at least 4 members (excludes halogenated alkanes) is 1. The minimum absolute atomic E-state index is 0.325. The van der Waals surface area contributed by atoms with Crippen LogP contribution < -0.4 is 5.32 Å². The summed E-state index contributed by atoms with van der Waals surface area (Å²) < 4.78 is 0. The van der Waals surface area contributed by atoms with Crippen LogP contribution in [0.3, 0.4) is 0 Å². The predicted octanol–water partition coefficient (Wildman–Crippen LogP) is 2.06. The zero-order chi connectivity index (χ0) is 13.8. The fourth-order valence-corrected chi connectivity index (χ4v) is 2.35. The van der Waals surface area contributed by atoms with Gasteiger partial charge in [0.05, 0.1) is 0 Å². The quantitative estimate of drug-likeness (QED) is 0.738. The molecule has 0 aromatic rings. The first-order chi connectivity index (χ1) is 8.53. The summed E-state index contributed by atoms with van der Waals surface area (Å²) in [5.74, 6) is -0.755. The lowest BCUT2D eigenvalue weighted by molar-refractivity contribution is -0.152. The molecule has 1 aliphatic rings. The number of rotatable bonds is 6. The molecule has 5 heteroatoms. The summed E-state index contributed by atoms with van der Waals surface area (Å²) in [7, 11) is 0. The van der Waals surface area contributed by atoms with Gasteiger partial charge >= 0.3 is 6.03 Å². The number of amides is 4. The molecule has 1 rings (SSSR count). The molecular weight excluding hydrogens is 232 g/mol. The maximum Gasteiger partial charge on any atom is 0.330 e. The fourth-order valence-electron chi connectivity index (χ4n) is 2.35. The second-order valence-electron chi connectivity index (χ2n) is 4.76. The van der Waals surface area contributed by atoms with Crippen LogP contribution in [0, 0.1) is 5.41 Å². The van der Waals surface area contributed by atoms with Crippen LogP contribution in [-0.4, -0.2) is 29.3 Å². The van der Waals surface area contributed by atoms with Gasteiger partial charge < -0.3 is 0 Å². The van der Waals surface area contributed by atoms with Gasteiger partial charge in [-0.05, 0) is 19.3 Å². The highest BCUT2D eigenvalue weighted by molar-refractivity contribution is 6.19. The third-order valence-electron chi connectivity index (χ3n) is 3.56. The van der Waals surface area contributed by atoms with Crippen molar-refractivity contribution in [1.29, 1.82) is 0 Å². The Balaban J connectivity index is 3.02. The average molecular weight is 254 g/mol. The average Bonchev–Trinajstić information content (AvgIpc) is 2.35. The molecule has 1 saturated heterocycles. The standard InChI is InChI=1S/C13H22N2O3/c1-4-7-8-13(6-3)10(16)14-12(18)15(9-5-2)11(13)17/h4-9H2,1-3H3,(H,14,16,18). The zero-order valence-corrected chi connectivity index (χ0v) is 11.4. The SMILES string of the molecule is CCCCC1(CC)C(=O)NC(=O)N(CCC)C1=O. The van der Waals surface area contributed by atoms with Crippen molar-refractivity contribution in [3.8, 4) is 0 Å². The number of carbonyl (C=O) groups excluding carboxylic acids is 3. The lowest BCUT2D eigenvalue weighted by Crippen LogP contribution is -2.63. The van der Waals surface area contributed by atoms with Crippen LogP contribution in [0.25, 0.3) is 0 Å². The second kappa shape index (κ2) is 5.98. The van der Waals surface area contributed by atoms with Crippen molar-refractivity contribution in [2.75, 3.05) is 6.54 Å². The molecule has 0 radical (unpaired) electrons. The number of nitrogens with zero attached hydrogens (tertiary/aromatic N) is 1. The highest BCUT2D eigenvalue weighted by Crippen LogP contribution is 2.34. The van der Waals surface area contributed by atoms with Gasteiger partial charge in [-0.15, -0.1) is 0 Å². The van der Waals surface area contributed by atoms with Crippen LogP contribution in [0.5, 0.6) is 0 Å². The summed E-state index contributed by atoms with van der Waals surface area (Å²) in [5, 5.41) is 2.32. The molecule has 0 aromatic carbocycles. The van der Waals surface area contributed by atoms with Crippen LogP contribution in [0.2, 0.25) is 0 Å². The Labute approximate surface area is 108 Å². The van der Waals surface area contributed by atoms with Gasteiger partial charge in [-0.25, -0.2) is 4.79 Å². The van der Waals surface area contributed by atoms with Gasteiger partial charge in [-0.3, -0.25) is 19.8 Å². The van der Waals surface area contributed by atoms with E-state index in [1.54, 1.807) is 0 Å². The molecule has 18 heavy (non-hydrogen) atoms. The molecule has 1 aliphatic heterocycles. The summed E-state index contributed by atoms with van der Waals surface area (Å²) >= 11 is 0. The van der Waals surface area contributed by atoms with Crippen molar-refractivity contribution in [3.63, 3.8) is 0 Å². The van der Waals surface area contributed by atoms with Crippen LogP contribution in [0.1, 0.15) is 52.9 Å². The Hall–Kier alpha value is -1.39. The molecule has 0 bridgehead atoms. The summed E-state index contributed by atoms with van der Waals surface area (Å²) in [4.78, 5) is 37.3. The molecule has 0 spiro atoms. The zero-order valence-electron chi connectivity index (χ0n) is 11.4. The predicted molar refractivity (Wildman–Crippen MR) is 67.8 cm³/mol. The van der Waals surface area contributed by atoms with E-state index >= 15 is 0 Å². The van der Waals surface area contributed by atoms with E-state index in [0.29, 0.717) is 25.8 Å². The van der Waals surface area contributed by atoms with Gasteiger partial charge in [0.25, 0.3) is 0 Å². The van der Waals surface area contributed by atoms with E-state index in [0.717, 1.165) is 12.8 Å². The minimum Gasteiger partial charge on any atom is -0.277 e. The largest absolute Gasteiger partial charge is 0.330 e. The maximum absolute atomic E-state index is 12.4. The number of urea groups is 1. The maximum atomic E-state index is 12.4. The van der Waals surface area contributed by atoms with Crippen LogP contribution in [-0.2, 0) is 9.59 Å². The first-order valence-electron chi connectivity index (χ1n) is 6.70. The molecule has 1 unspecified atom stereocenters. The summed E-state index contributed by atoms with van der Waals surface area (Å²) in [6.07, 6.45) is 3.37. The molecule has 5 nitrogen and oxygen atoms in total. The van der Waals surface area contributed by atoms with Crippen molar-refractivity contribution in [1.82, 2.24) is 10.2 Å². The number of carbonyl (C=O) groups is 3. The van der Waals surface area contributed by atoms with Crippen LogP contribution in [0.4, 0.5) is 4.79 Å². The first-order valence-corrected chi connectivity index (χ1v) is 6.70. The Bertz CT molecular complexity index is 354. The van der Waals surface area contributed by atoms with E-state index in [1.165, 1.54) is 4.90 Å².